The number of hydrogen-bond donors (Lipinski definition) is 1. The first-order valence-electron chi connectivity index (χ1n) is 10.6. The molecule has 2 aromatic carbocycles. The molecule has 0 aliphatic rings. The molecular weight excluding hydrogens is 404 g/mol. The molecule has 32 heavy (non-hydrogen) atoms. The van der Waals surface area contributed by atoms with E-state index in [0.29, 0.717) is 24.2 Å². The van der Waals surface area contributed by atoms with Crippen LogP contribution in [0.1, 0.15) is 19.4 Å². The lowest BCUT2D eigenvalue weighted by atomic mass is 10.0. The number of nitrogens with zero attached hydrogens (tertiary/aromatic N) is 3. The molecule has 0 spiro atoms. The highest BCUT2D eigenvalue weighted by molar-refractivity contribution is 5.94. The molecule has 0 saturated carbocycles. The minimum absolute atomic E-state index is 0.195. The normalized spacial score (nSPS) is 11.1. The van der Waals surface area contributed by atoms with Crippen molar-refractivity contribution in [3.63, 3.8) is 0 Å². The summed E-state index contributed by atoms with van der Waals surface area (Å²) in [6.45, 7) is 4.78. The van der Waals surface area contributed by atoms with E-state index in [2.05, 4.69) is 9.97 Å². The van der Waals surface area contributed by atoms with E-state index in [1.807, 2.05) is 79.2 Å². The predicted octanol–water partition coefficient (Wildman–Crippen LogP) is 4.61. The number of rotatable bonds is 6. The van der Waals surface area contributed by atoms with Crippen LogP contribution < -0.4 is 5.56 Å². The zero-order valence-corrected chi connectivity index (χ0v) is 18.4. The molecule has 0 saturated heterocycles. The van der Waals surface area contributed by atoms with Crippen LogP contribution in [0.3, 0.4) is 0 Å². The number of amides is 1. The zero-order valence-electron chi connectivity index (χ0n) is 18.4. The number of carbonyl (C=O) groups is 1. The molecule has 2 heterocycles. The van der Waals surface area contributed by atoms with Crippen molar-refractivity contribution < 1.29 is 9.53 Å². The quantitative estimate of drug-likeness (QED) is 0.485. The third-order valence-corrected chi connectivity index (χ3v) is 5.13. The van der Waals surface area contributed by atoms with Gasteiger partial charge in [-0.15, -0.1) is 0 Å². The lowest BCUT2D eigenvalue weighted by Gasteiger charge is -2.18. The number of nitrogens with one attached hydrogen (secondary N) is 1. The third-order valence-electron chi connectivity index (χ3n) is 5.13. The monoisotopic (exact) mass is 430 g/mol. The Morgan fingerprint density at radius 3 is 2.69 bits per heavy atom. The number of benzene rings is 2. The molecular formula is C25H26N4O3. The first-order valence-corrected chi connectivity index (χ1v) is 10.6. The van der Waals surface area contributed by atoms with Crippen molar-refractivity contribution in [2.75, 3.05) is 13.7 Å². The molecule has 4 aromatic rings. The van der Waals surface area contributed by atoms with Gasteiger partial charge in [0.05, 0.1) is 18.3 Å². The van der Waals surface area contributed by atoms with Gasteiger partial charge in [0.25, 0.3) is 5.56 Å². The van der Waals surface area contributed by atoms with Crippen LogP contribution in [0.5, 0.6) is 0 Å². The molecule has 0 radical (unpaired) electrons. The first-order chi connectivity index (χ1) is 15.4. The first kappa shape index (κ1) is 21.4. The van der Waals surface area contributed by atoms with Crippen LogP contribution in [0.4, 0.5) is 4.79 Å². The van der Waals surface area contributed by atoms with E-state index in [9.17, 15) is 9.59 Å². The average Bonchev–Trinajstić information content (AvgIpc) is 3.19. The summed E-state index contributed by atoms with van der Waals surface area (Å²) in [6, 6.07) is 17.6. The number of para-hydroxylation sites is 1. The Labute approximate surface area is 186 Å². The van der Waals surface area contributed by atoms with Crippen LogP contribution in [0.2, 0.25) is 0 Å². The van der Waals surface area contributed by atoms with E-state index < -0.39 is 0 Å². The fourth-order valence-corrected chi connectivity index (χ4v) is 3.60. The summed E-state index contributed by atoms with van der Waals surface area (Å²) in [5, 5.41) is 0.526. The summed E-state index contributed by atoms with van der Waals surface area (Å²) < 4.78 is 7.23. The largest absolute Gasteiger partial charge is 0.449 e. The van der Waals surface area contributed by atoms with Gasteiger partial charge in [-0.2, -0.15) is 0 Å². The van der Waals surface area contributed by atoms with Crippen LogP contribution in [-0.4, -0.2) is 39.2 Å². The molecule has 7 heteroatoms. The van der Waals surface area contributed by atoms with Crippen molar-refractivity contribution in [2.45, 2.75) is 20.4 Å². The Hall–Kier alpha value is -3.87. The summed E-state index contributed by atoms with van der Waals surface area (Å²) in [6.07, 6.45) is 3.00. The number of hydrogen-bond acceptors (Lipinski definition) is 4. The van der Waals surface area contributed by atoms with E-state index in [-0.39, 0.29) is 17.6 Å². The molecule has 4 rings (SSSR count). The predicted molar refractivity (Wildman–Crippen MR) is 125 cm³/mol. The molecule has 0 bridgehead atoms. The van der Waals surface area contributed by atoms with E-state index in [1.54, 1.807) is 11.9 Å². The molecule has 0 unspecified atom stereocenters. The Balaban J connectivity index is 1.70. The van der Waals surface area contributed by atoms with Crippen LogP contribution in [0.15, 0.2) is 71.9 Å². The van der Waals surface area contributed by atoms with Crippen LogP contribution in [0.25, 0.3) is 27.8 Å². The molecule has 1 amide bonds. The lowest BCUT2D eigenvalue weighted by Crippen LogP contribution is -2.28. The molecule has 2 aromatic heterocycles. The number of carbonyl (C=O) groups excluding carboxylic acids is 1. The Morgan fingerprint density at radius 2 is 1.94 bits per heavy atom. The molecule has 7 nitrogen and oxygen atoms in total. The fraction of sp³-hybridized carbons (Fsp3) is 0.240. The maximum absolute atomic E-state index is 12.7. The number of ether oxygens (including phenoxy) is 1. The SMILES string of the molecule is CC(C)COC(=O)N(C)Cc1cccc(-c2cn(-c3ccccc3)c3nc[nH]c(=O)c23)c1. The maximum Gasteiger partial charge on any atom is 0.409 e. The van der Waals surface area contributed by atoms with E-state index in [0.717, 1.165) is 22.4 Å². The van der Waals surface area contributed by atoms with Crippen LogP contribution >= 0.6 is 0 Å². The second-order valence-corrected chi connectivity index (χ2v) is 8.21. The average molecular weight is 431 g/mol. The topological polar surface area (TPSA) is 80.2 Å². The van der Waals surface area contributed by atoms with Gasteiger partial charge in [-0.25, -0.2) is 9.78 Å². The Bertz CT molecular complexity index is 1290. The molecule has 0 atom stereocenters. The minimum atomic E-state index is -0.356. The smallest absolute Gasteiger partial charge is 0.409 e. The zero-order chi connectivity index (χ0) is 22.7. The van der Waals surface area contributed by atoms with Crippen LogP contribution in [0, 0.1) is 5.92 Å². The van der Waals surface area contributed by atoms with Gasteiger partial charge in [0, 0.05) is 31.0 Å². The molecule has 164 valence electrons. The van der Waals surface area contributed by atoms with Crippen LogP contribution in [-0.2, 0) is 11.3 Å². The van der Waals surface area contributed by atoms with E-state index >= 15 is 0 Å². The summed E-state index contributed by atoms with van der Waals surface area (Å²) in [7, 11) is 1.71. The van der Waals surface area contributed by atoms with Crippen molar-refractivity contribution in [1.82, 2.24) is 19.4 Å². The standard InChI is InChI=1S/C25H26N4O3/c1-17(2)15-32-25(31)28(3)13-18-8-7-9-19(12-18)21-14-29(20-10-5-4-6-11-20)23-22(21)24(30)27-16-26-23/h4-12,14,16-17H,13,15H2,1-3H3,(H,26,27,30). The second kappa shape index (κ2) is 9.09. The van der Waals surface area contributed by atoms with Crippen molar-refractivity contribution in [2.24, 2.45) is 5.92 Å². The molecule has 1 N–H and O–H groups in total. The van der Waals surface area contributed by atoms with Gasteiger partial charge in [-0.1, -0.05) is 50.2 Å². The van der Waals surface area contributed by atoms with Gasteiger partial charge in [0.1, 0.15) is 0 Å². The number of aromatic nitrogens is 3. The van der Waals surface area contributed by atoms with Crippen molar-refractivity contribution in [3.8, 4) is 16.8 Å². The molecule has 0 aliphatic carbocycles. The second-order valence-electron chi connectivity index (χ2n) is 8.21. The van der Waals surface area contributed by atoms with Crippen molar-refractivity contribution >= 4 is 17.1 Å². The highest BCUT2D eigenvalue weighted by atomic mass is 16.6. The Morgan fingerprint density at radius 1 is 1.16 bits per heavy atom. The highest BCUT2D eigenvalue weighted by Crippen LogP contribution is 2.30. The van der Waals surface area contributed by atoms with Gasteiger partial charge in [0.15, 0.2) is 5.65 Å². The van der Waals surface area contributed by atoms with E-state index in [1.165, 1.54) is 6.33 Å². The van der Waals surface area contributed by atoms with Crippen molar-refractivity contribution in [1.29, 1.82) is 0 Å². The highest BCUT2D eigenvalue weighted by Gasteiger charge is 2.17. The number of H-pyrrole nitrogens is 1. The third kappa shape index (κ3) is 4.42. The van der Waals surface area contributed by atoms with Gasteiger partial charge >= 0.3 is 6.09 Å². The number of fused-ring (bicyclic) bond motifs is 1. The van der Waals surface area contributed by atoms with Gasteiger partial charge in [0.2, 0.25) is 0 Å². The molecule has 0 aliphatic heterocycles. The fourth-order valence-electron chi connectivity index (χ4n) is 3.60. The Kier molecular flexibility index (Phi) is 6.07. The summed E-state index contributed by atoms with van der Waals surface area (Å²) >= 11 is 0. The summed E-state index contributed by atoms with van der Waals surface area (Å²) in [4.78, 5) is 33.6. The lowest BCUT2D eigenvalue weighted by molar-refractivity contribution is 0.0980. The maximum atomic E-state index is 12.7. The summed E-state index contributed by atoms with van der Waals surface area (Å²) in [5.41, 5.74) is 3.92. The summed E-state index contributed by atoms with van der Waals surface area (Å²) in [5.74, 6) is 0.282. The van der Waals surface area contributed by atoms with Gasteiger partial charge in [-0.3, -0.25) is 4.79 Å². The minimum Gasteiger partial charge on any atom is -0.449 e. The van der Waals surface area contributed by atoms with Gasteiger partial charge < -0.3 is 19.2 Å². The van der Waals surface area contributed by atoms with Crippen molar-refractivity contribution in [3.05, 3.63) is 83.0 Å². The van der Waals surface area contributed by atoms with E-state index in [4.69, 9.17) is 4.74 Å². The number of aromatic amines is 1. The van der Waals surface area contributed by atoms with Gasteiger partial charge in [-0.05, 0) is 35.2 Å². The molecule has 0 fully saturated rings.